The van der Waals surface area contributed by atoms with Crippen LogP contribution >= 0.6 is 11.6 Å². The number of amides is 1. The summed E-state index contributed by atoms with van der Waals surface area (Å²) in [4.78, 5) is 15.1. The molecule has 0 saturated heterocycles. The van der Waals surface area contributed by atoms with Gasteiger partial charge in [-0.05, 0) is 54.7 Å². The van der Waals surface area contributed by atoms with Gasteiger partial charge in [-0.1, -0.05) is 29.8 Å². The summed E-state index contributed by atoms with van der Waals surface area (Å²) in [6, 6.07) is 9.06. The van der Waals surface area contributed by atoms with Crippen LogP contribution in [0.2, 0.25) is 5.02 Å². The molecule has 2 heterocycles. The molecule has 2 atom stereocenters. The number of rotatable bonds is 4. The molecule has 0 fully saturated rings. The number of hydrogen-bond acceptors (Lipinski definition) is 3. The van der Waals surface area contributed by atoms with Gasteiger partial charge in [0.05, 0.1) is 24.2 Å². The number of fused-ring (bicyclic) bond motifs is 2. The van der Waals surface area contributed by atoms with Gasteiger partial charge >= 0.3 is 0 Å². The smallest absolute Gasteiger partial charge is 0.227 e. The van der Waals surface area contributed by atoms with E-state index >= 15 is 0 Å². The van der Waals surface area contributed by atoms with Gasteiger partial charge in [-0.2, -0.15) is 5.10 Å². The van der Waals surface area contributed by atoms with Gasteiger partial charge in [0.2, 0.25) is 5.91 Å². The Labute approximate surface area is 180 Å². The highest BCUT2D eigenvalue weighted by molar-refractivity contribution is 6.32. The van der Waals surface area contributed by atoms with E-state index < -0.39 is 12.3 Å². The lowest BCUT2D eigenvalue weighted by molar-refractivity contribution is -0.133. The van der Waals surface area contributed by atoms with E-state index in [1.54, 1.807) is 23.0 Å². The van der Waals surface area contributed by atoms with Crippen molar-refractivity contribution in [3.05, 3.63) is 63.8 Å². The molecule has 1 aliphatic rings. The van der Waals surface area contributed by atoms with E-state index in [0.717, 1.165) is 27.6 Å². The molecule has 0 aliphatic carbocycles. The van der Waals surface area contributed by atoms with Crippen molar-refractivity contribution in [2.24, 2.45) is 7.05 Å². The highest BCUT2D eigenvalue weighted by atomic mass is 35.5. The first-order valence-electron chi connectivity index (χ1n) is 10.0. The average molecular weight is 430 g/mol. The van der Waals surface area contributed by atoms with E-state index in [-0.39, 0.29) is 18.4 Å². The number of carbonyl (C=O) groups is 1. The zero-order valence-electron chi connectivity index (χ0n) is 17.3. The number of nitrogens with zero attached hydrogens (tertiary/aromatic N) is 3. The number of aliphatic hydroxyl groups is 1. The normalized spacial score (nSPS) is 18.3. The first kappa shape index (κ1) is 20.8. The Balaban J connectivity index is 1.64. The molecule has 1 amide bonds. The van der Waals surface area contributed by atoms with Crippen LogP contribution in [0.4, 0.5) is 4.39 Å². The predicted molar refractivity (Wildman–Crippen MR) is 115 cm³/mol. The maximum absolute atomic E-state index is 13.4. The highest BCUT2D eigenvalue weighted by Crippen LogP contribution is 2.36. The first-order chi connectivity index (χ1) is 14.2. The van der Waals surface area contributed by atoms with Crippen molar-refractivity contribution in [3.8, 4) is 0 Å². The highest BCUT2D eigenvalue weighted by Gasteiger charge is 2.33. The van der Waals surface area contributed by atoms with E-state index in [0.29, 0.717) is 23.6 Å². The molecule has 1 N–H and O–H groups in total. The summed E-state index contributed by atoms with van der Waals surface area (Å²) < 4.78 is 15.2. The van der Waals surface area contributed by atoms with E-state index in [4.69, 9.17) is 11.6 Å². The lowest BCUT2D eigenvalue weighted by Crippen LogP contribution is -2.41. The Morgan fingerprint density at radius 1 is 1.37 bits per heavy atom. The quantitative estimate of drug-likeness (QED) is 0.679. The van der Waals surface area contributed by atoms with Crippen LogP contribution in [0.3, 0.4) is 0 Å². The second kappa shape index (κ2) is 7.67. The van der Waals surface area contributed by atoms with Crippen molar-refractivity contribution in [2.75, 3.05) is 13.2 Å². The van der Waals surface area contributed by atoms with Crippen LogP contribution in [0, 0.1) is 0 Å². The van der Waals surface area contributed by atoms with Gasteiger partial charge in [0.25, 0.3) is 0 Å². The molecule has 5 nitrogen and oxygen atoms in total. The Kier molecular flexibility index (Phi) is 5.32. The molecule has 1 aromatic heterocycles. The summed E-state index contributed by atoms with van der Waals surface area (Å²) in [5.74, 6) is -0.0194. The zero-order valence-corrected chi connectivity index (χ0v) is 18.1. The number of halogens is 2. The Hall–Kier alpha value is -2.44. The van der Waals surface area contributed by atoms with Gasteiger partial charge in [-0.15, -0.1) is 0 Å². The van der Waals surface area contributed by atoms with Crippen molar-refractivity contribution in [1.29, 1.82) is 0 Å². The van der Waals surface area contributed by atoms with Crippen molar-refractivity contribution in [1.82, 2.24) is 14.7 Å². The van der Waals surface area contributed by atoms with Crippen LogP contribution in [0.15, 0.2) is 36.5 Å². The second-order valence-electron chi connectivity index (χ2n) is 8.20. The van der Waals surface area contributed by atoms with Crippen molar-refractivity contribution < 1.29 is 14.3 Å². The van der Waals surface area contributed by atoms with Crippen molar-refractivity contribution in [2.45, 2.75) is 38.3 Å². The predicted octanol–water partition coefficient (Wildman–Crippen LogP) is 4.09. The third-order valence-electron chi connectivity index (χ3n) is 6.21. The second-order valence-corrected chi connectivity index (χ2v) is 8.60. The topological polar surface area (TPSA) is 58.4 Å². The monoisotopic (exact) mass is 429 g/mol. The summed E-state index contributed by atoms with van der Waals surface area (Å²) in [6.07, 6.45) is 2.50. The largest absolute Gasteiger partial charge is 0.383 e. The Bertz CT molecular complexity index is 1130. The average Bonchev–Trinajstić information content (AvgIpc) is 3.11. The number of aromatic nitrogens is 2. The van der Waals surface area contributed by atoms with Crippen LogP contribution in [-0.4, -0.2) is 38.9 Å². The molecule has 0 radical (unpaired) electrons. The molecule has 0 spiro atoms. The zero-order chi connectivity index (χ0) is 21.6. The molecule has 0 saturated carbocycles. The minimum absolute atomic E-state index is 0.0194. The molecule has 0 bridgehead atoms. The summed E-state index contributed by atoms with van der Waals surface area (Å²) in [7, 11) is 1.86. The fraction of sp³-hybridized carbons (Fsp3) is 0.391. The van der Waals surface area contributed by atoms with E-state index in [1.807, 2.05) is 37.1 Å². The molecule has 30 heavy (non-hydrogen) atoms. The molecule has 1 unspecified atom stereocenters. The summed E-state index contributed by atoms with van der Waals surface area (Å²) in [6.45, 7) is 3.11. The lowest BCUT2D eigenvalue weighted by atomic mass is 9.83. The maximum atomic E-state index is 13.4. The van der Waals surface area contributed by atoms with Crippen molar-refractivity contribution in [3.63, 3.8) is 0 Å². The van der Waals surface area contributed by atoms with Gasteiger partial charge < -0.3 is 10.0 Å². The third kappa shape index (κ3) is 3.38. The fourth-order valence-corrected chi connectivity index (χ4v) is 4.71. The number of aryl methyl sites for hydroxylation is 1. The Morgan fingerprint density at radius 3 is 2.87 bits per heavy atom. The van der Waals surface area contributed by atoms with E-state index in [2.05, 4.69) is 5.10 Å². The lowest BCUT2D eigenvalue weighted by Gasteiger charge is -2.38. The molecule has 1 aliphatic heterocycles. The summed E-state index contributed by atoms with van der Waals surface area (Å²) >= 11 is 6.43. The summed E-state index contributed by atoms with van der Waals surface area (Å²) in [5, 5.41) is 16.2. The van der Waals surface area contributed by atoms with Gasteiger partial charge in [0, 0.05) is 24.0 Å². The number of alkyl halides is 1. The standard InChI is InChI=1S/C23H25ClFN3O2/c1-14-15-5-4-6-19(23(2,30)13-25)16(15)9-10-28(14)22(29)11-17-18-12-26-27(3)21(18)8-7-20(17)24/h4-8,12,14,30H,9-11,13H2,1-3H3/t14-,23?/m0/s1. The molecular weight excluding hydrogens is 405 g/mol. The number of benzene rings is 2. The first-order valence-corrected chi connectivity index (χ1v) is 10.4. The SMILES string of the molecule is C[C@H]1c2cccc(C(C)(O)CF)c2CCN1C(=O)Cc1c(Cl)ccc2c1cnn2C. The minimum Gasteiger partial charge on any atom is -0.383 e. The fourth-order valence-electron chi connectivity index (χ4n) is 4.48. The van der Waals surface area contributed by atoms with Gasteiger partial charge in [0.15, 0.2) is 0 Å². The van der Waals surface area contributed by atoms with Crippen LogP contribution < -0.4 is 0 Å². The van der Waals surface area contributed by atoms with E-state index in [9.17, 15) is 14.3 Å². The van der Waals surface area contributed by atoms with Crippen LogP contribution in [0.5, 0.6) is 0 Å². The van der Waals surface area contributed by atoms with Crippen LogP contribution in [0.25, 0.3) is 10.9 Å². The maximum Gasteiger partial charge on any atom is 0.227 e. The molecule has 3 aromatic rings. The minimum atomic E-state index is -1.53. The van der Waals surface area contributed by atoms with Crippen molar-refractivity contribution >= 4 is 28.4 Å². The third-order valence-corrected chi connectivity index (χ3v) is 6.56. The van der Waals surface area contributed by atoms with Crippen LogP contribution in [0.1, 0.15) is 42.1 Å². The summed E-state index contributed by atoms with van der Waals surface area (Å²) in [5.41, 5.74) is 2.66. The number of hydrogen-bond donors (Lipinski definition) is 1. The Morgan fingerprint density at radius 2 is 2.13 bits per heavy atom. The van der Waals surface area contributed by atoms with Gasteiger partial charge in [0.1, 0.15) is 12.3 Å². The molecular formula is C23H25ClFN3O2. The van der Waals surface area contributed by atoms with E-state index in [1.165, 1.54) is 6.92 Å². The van der Waals surface area contributed by atoms with Gasteiger partial charge in [-0.3, -0.25) is 9.48 Å². The molecule has 4 rings (SSSR count). The number of carbonyl (C=O) groups excluding carboxylic acids is 1. The molecule has 158 valence electrons. The van der Waals surface area contributed by atoms with Gasteiger partial charge in [-0.25, -0.2) is 4.39 Å². The van der Waals surface area contributed by atoms with Crippen LogP contribution in [-0.2, 0) is 30.3 Å². The molecule has 2 aromatic carbocycles. The molecule has 7 heteroatoms.